The number of carbonyl (C=O) groups excluding carboxylic acids is 2. The molecule has 0 spiro atoms. The van der Waals surface area contributed by atoms with Crippen molar-refractivity contribution in [3.63, 3.8) is 0 Å². The quantitative estimate of drug-likeness (QED) is 0.519. The summed E-state index contributed by atoms with van der Waals surface area (Å²) < 4.78 is 15.0. The molecule has 2 saturated carbocycles. The molecule has 38 heavy (non-hydrogen) atoms. The number of carbonyl (C=O) groups is 2. The maximum atomic E-state index is 15.0. The minimum atomic E-state index is -0.771. The Morgan fingerprint density at radius 1 is 1.08 bits per heavy atom. The number of benzene rings is 1. The highest BCUT2D eigenvalue weighted by Gasteiger charge is 2.51. The summed E-state index contributed by atoms with van der Waals surface area (Å²) in [5, 5.41) is 7.15. The topological polar surface area (TPSA) is 64.7 Å². The summed E-state index contributed by atoms with van der Waals surface area (Å²) in [6.45, 7) is 8.47. The molecule has 1 aromatic rings. The monoisotopic (exact) mass is 526 g/mol. The number of anilines is 1. The summed E-state index contributed by atoms with van der Waals surface area (Å²) in [5.41, 5.74) is 1.75. The largest absolute Gasteiger partial charge is 0.370 e. The number of nitrogens with zero attached hydrogens (tertiary/aromatic N) is 2. The molecule has 1 unspecified atom stereocenters. The van der Waals surface area contributed by atoms with E-state index < -0.39 is 5.54 Å². The fraction of sp³-hybridized carbons (Fsp3) is 0.742. The molecule has 1 saturated heterocycles. The van der Waals surface area contributed by atoms with E-state index in [0.717, 1.165) is 88.7 Å². The highest BCUT2D eigenvalue weighted by molar-refractivity contribution is 5.93. The van der Waals surface area contributed by atoms with Crippen LogP contribution in [0, 0.1) is 18.7 Å². The molecule has 1 aromatic carbocycles. The van der Waals surface area contributed by atoms with E-state index in [0.29, 0.717) is 18.0 Å². The van der Waals surface area contributed by atoms with E-state index in [2.05, 4.69) is 22.5 Å². The summed E-state index contributed by atoms with van der Waals surface area (Å²) in [4.78, 5) is 31.0. The predicted molar refractivity (Wildman–Crippen MR) is 150 cm³/mol. The first-order chi connectivity index (χ1) is 18.3. The zero-order chi connectivity index (χ0) is 26.9. The van der Waals surface area contributed by atoms with Crippen LogP contribution in [0.3, 0.4) is 0 Å². The Morgan fingerprint density at radius 3 is 2.53 bits per heavy atom. The van der Waals surface area contributed by atoms with E-state index in [1.807, 2.05) is 17.9 Å². The molecule has 4 atom stereocenters. The van der Waals surface area contributed by atoms with Crippen molar-refractivity contribution in [1.82, 2.24) is 15.1 Å². The third kappa shape index (κ3) is 5.32. The molecule has 6 nitrogen and oxygen atoms in total. The average Bonchev–Trinajstić information content (AvgIpc) is 3.15. The Labute approximate surface area is 228 Å². The molecule has 2 aliphatic heterocycles. The minimum absolute atomic E-state index is 0.0675. The van der Waals surface area contributed by atoms with Crippen molar-refractivity contribution >= 4 is 17.5 Å². The zero-order valence-corrected chi connectivity index (χ0v) is 23.7. The summed E-state index contributed by atoms with van der Waals surface area (Å²) in [7, 11) is 0. The maximum Gasteiger partial charge on any atom is 0.246 e. The van der Waals surface area contributed by atoms with Crippen LogP contribution in [0.25, 0.3) is 0 Å². The number of amides is 2. The second-order valence-corrected chi connectivity index (χ2v) is 12.4. The van der Waals surface area contributed by atoms with Gasteiger partial charge < -0.3 is 15.5 Å². The van der Waals surface area contributed by atoms with Gasteiger partial charge in [0.1, 0.15) is 11.4 Å². The van der Waals surface area contributed by atoms with Crippen LogP contribution in [0.5, 0.6) is 0 Å². The van der Waals surface area contributed by atoms with Gasteiger partial charge in [-0.15, -0.1) is 0 Å². The first-order valence-electron chi connectivity index (χ1n) is 15.2. The van der Waals surface area contributed by atoms with Crippen molar-refractivity contribution in [1.29, 1.82) is 0 Å². The van der Waals surface area contributed by atoms with Gasteiger partial charge in [0.25, 0.3) is 0 Å². The fourth-order valence-electron chi connectivity index (χ4n) is 7.89. The highest BCUT2D eigenvalue weighted by atomic mass is 19.1. The van der Waals surface area contributed by atoms with Crippen LogP contribution < -0.4 is 10.6 Å². The predicted octanol–water partition coefficient (Wildman–Crippen LogP) is 5.18. The second kappa shape index (κ2) is 11.5. The number of piperazine rings is 1. The minimum Gasteiger partial charge on any atom is -0.370 e. The third-order valence-electron chi connectivity index (χ3n) is 10.1. The fourth-order valence-corrected chi connectivity index (χ4v) is 7.89. The summed E-state index contributed by atoms with van der Waals surface area (Å²) in [5.74, 6) is 0.249. The first kappa shape index (κ1) is 27.4. The van der Waals surface area contributed by atoms with Crippen molar-refractivity contribution < 1.29 is 14.0 Å². The number of nitrogens with one attached hydrogen (secondary N) is 2. The van der Waals surface area contributed by atoms with Crippen LogP contribution in [-0.2, 0) is 16.0 Å². The van der Waals surface area contributed by atoms with E-state index in [-0.39, 0.29) is 35.6 Å². The lowest BCUT2D eigenvalue weighted by molar-refractivity contribution is -0.135. The van der Waals surface area contributed by atoms with Gasteiger partial charge in [-0.25, -0.2) is 4.39 Å². The Morgan fingerprint density at radius 2 is 1.84 bits per heavy atom. The second-order valence-electron chi connectivity index (χ2n) is 12.4. The number of halogens is 1. The molecule has 5 rings (SSSR count). The van der Waals surface area contributed by atoms with Gasteiger partial charge in [-0.05, 0) is 69.4 Å². The Bertz CT molecular complexity index is 990. The van der Waals surface area contributed by atoms with Crippen molar-refractivity contribution in [2.24, 2.45) is 5.92 Å². The molecule has 0 aromatic heterocycles. The molecule has 7 heteroatoms. The Kier molecular flexibility index (Phi) is 8.32. The normalized spacial score (nSPS) is 30.8. The molecular formula is C31H47FN4O2. The standard InChI is InChI=1S/C31H47FN4O2/c1-4-25-20-35(16-17-36(25)22(3)37)26-13-9-12-24(18-26)33-30(38)31(23-10-7-5-6-8-11-23)19-27-28(32)15-14-21(2)29(27)34-31/h14-15,23-26,34H,4-13,16-20H2,1-3H3,(H,33,38)/t24-,25-,26+,31?/m1/s1. The summed E-state index contributed by atoms with van der Waals surface area (Å²) in [6.07, 6.45) is 12.3. The van der Waals surface area contributed by atoms with E-state index in [1.165, 1.54) is 12.8 Å². The number of hydrogen-bond donors (Lipinski definition) is 2. The molecule has 2 aliphatic carbocycles. The number of hydrogen-bond acceptors (Lipinski definition) is 4. The van der Waals surface area contributed by atoms with Gasteiger partial charge in [-0.1, -0.05) is 38.7 Å². The molecule has 2 amide bonds. The molecule has 4 aliphatic rings. The van der Waals surface area contributed by atoms with Crippen molar-refractivity contribution in [2.45, 2.75) is 121 Å². The van der Waals surface area contributed by atoms with Crippen molar-refractivity contribution in [3.05, 3.63) is 29.1 Å². The van der Waals surface area contributed by atoms with Gasteiger partial charge in [-0.2, -0.15) is 0 Å². The lowest BCUT2D eigenvalue weighted by atomic mass is 9.76. The number of rotatable bonds is 5. The summed E-state index contributed by atoms with van der Waals surface area (Å²) in [6, 6.07) is 4.21. The highest BCUT2D eigenvalue weighted by Crippen LogP contribution is 2.45. The van der Waals surface area contributed by atoms with Crippen LogP contribution in [-0.4, -0.2) is 64.9 Å². The summed E-state index contributed by atoms with van der Waals surface area (Å²) >= 11 is 0. The number of fused-ring (bicyclic) bond motifs is 1. The van der Waals surface area contributed by atoms with Gasteiger partial charge in [-0.3, -0.25) is 14.5 Å². The lowest BCUT2D eigenvalue weighted by Gasteiger charge is -2.46. The van der Waals surface area contributed by atoms with Crippen molar-refractivity contribution in [3.8, 4) is 0 Å². The van der Waals surface area contributed by atoms with Gasteiger partial charge in [0.2, 0.25) is 11.8 Å². The van der Waals surface area contributed by atoms with Crippen LogP contribution in [0.2, 0.25) is 0 Å². The Balaban J connectivity index is 1.31. The van der Waals surface area contributed by atoms with E-state index in [9.17, 15) is 14.0 Å². The average molecular weight is 527 g/mol. The molecule has 0 bridgehead atoms. The molecular weight excluding hydrogens is 479 g/mol. The molecule has 2 heterocycles. The van der Waals surface area contributed by atoms with Crippen LogP contribution in [0.15, 0.2) is 12.1 Å². The molecule has 2 N–H and O–H groups in total. The van der Waals surface area contributed by atoms with E-state index in [4.69, 9.17) is 0 Å². The van der Waals surface area contributed by atoms with Crippen LogP contribution in [0.1, 0.15) is 95.6 Å². The van der Waals surface area contributed by atoms with Crippen LogP contribution in [0.4, 0.5) is 10.1 Å². The van der Waals surface area contributed by atoms with Gasteiger partial charge in [0.15, 0.2) is 0 Å². The van der Waals surface area contributed by atoms with Crippen LogP contribution >= 0.6 is 0 Å². The van der Waals surface area contributed by atoms with Gasteiger partial charge in [0, 0.05) is 62.4 Å². The SMILES string of the molecule is CC[C@@H]1CN([C@H]2CCC[C@@H](NC(=O)C3(C4CCCCCC4)Cc4c(F)ccc(C)c4N3)C2)CCN1C(C)=O. The molecule has 0 radical (unpaired) electrons. The Hall–Kier alpha value is -2.15. The first-order valence-corrected chi connectivity index (χ1v) is 15.2. The van der Waals surface area contributed by atoms with E-state index in [1.54, 1.807) is 13.0 Å². The smallest absolute Gasteiger partial charge is 0.246 e. The zero-order valence-electron chi connectivity index (χ0n) is 23.7. The maximum absolute atomic E-state index is 15.0. The van der Waals surface area contributed by atoms with E-state index >= 15 is 0 Å². The van der Waals surface area contributed by atoms with Gasteiger partial charge >= 0.3 is 0 Å². The van der Waals surface area contributed by atoms with Crippen molar-refractivity contribution in [2.75, 3.05) is 25.0 Å². The number of aryl methyl sites for hydroxylation is 1. The van der Waals surface area contributed by atoms with Gasteiger partial charge in [0.05, 0.1) is 0 Å². The lowest BCUT2D eigenvalue weighted by Crippen LogP contribution is -2.61. The molecule has 210 valence electrons. The third-order valence-corrected chi connectivity index (χ3v) is 10.1. The molecule has 3 fully saturated rings.